The number of benzene rings is 2. The minimum Gasteiger partial charge on any atom is -0.508 e. The van der Waals surface area contributed by atoms with E-state index in [2.05, 4.69) is 47.8 Å². The lowest BCUT2D eigenvalue weighted by molar-refractivity contribution is -0.139. The van der Waals surface area contributed by atoms with Crippen LogP contribution >= 0.6 is 54.8 Å². The molecule has 5 N–H and O–H groups in total. The summed E-state index contributed by atoms with van der Waals surface area (Å²) in [5.41, 5.74) is 0.841. The molecule has 3 rings (SSSR count). The highest BCUT2D eigenvalue weighted by atomic mass is 79.9. The molecule has 36 heavy (non-hydrogen) atoms. The fourth-order valence-corrected chi connectivity index (χ4v) is 5.19. The minimum absolute atomic E-state index is 0.0371. The molecule has 0 spiro atoms. The number of amides is 3. The molecule has 0 aliphatic rings. The molecular formula is C23H18Br2ClN3O6S. The Morgan fingerprint density at radius 2 is 1.72 bits per heavy atom. The molecule has 0 fully saturated rings. The van der Waals surface area contributed by atoms with Gasteiger partial charge in [0, 0.05) is 23.1 Å². The quantitative estimate of drug-likeness (QED) is 0.233. The van der Waals surface area contributed by atoms with Crippen molar-refractivity contribution in [3.05, 3.63) is 83.4 Å². The number of carbonyl (C=O) groups excluding carboxylic acids is 3. The summed E-state index contributed by atoms with van der Waals surface area (Å²) in [4.78, 5) is 49.4. The van der Waals surface area contributed by atoms with Crippen molar-refractivity contribution in [3.8, 4) is 5.75 Å². The van der Waals surface area contributed by atoms with Crippen molar-refractivity contribution in [3.63, 3.8) is 0 Å². The number of rotatable bonds is 9. The second-order valence-electron chi connectivity index (χ2n) is 7.35. The van der Waals surface area contributed by atoms with Gasteiger partial charge in [0.1, 0.15) is 11.8 Å². The number of aromatic hydroxyl groups is 1. The zero-order chi connectivity index (χ0) is 26.4. The number of nitrogens with one attached hydrogen (secondary N) is 3. The first-order chi connectivity index (χ1) is 17.0. The molecule has 3 aromatic rings. The van der Waals surface area contributed by atoms with Crippen LogP contribution in [-0.4, -0.2) is 46.5 Å². The summed E-state index contributed by atoms with van der Waals surface area (Å²) in [6, 6.07) is 10.5. The van der Waals surface area contributed by atoms with Crippen LogP contribution in [0.25, 0.3) is 0 Å². The van der Waals surface area contributed by atoms with E-state index in [0.29, 0.717) is 18.7 Å². The highest BCUT2D eigenvalue weighted by Gasteiger charge is 2.24. The van der Waals surface area contributed by atoms with Crippen LogP contribution in [0.1, 0.15) is 36.0 Å². The number of carbonyl (C=O) groups is 4. The molecule has 9 nitrogen and oxygen atoms in total. The van der Waals surface area contributed by atoms with Crippen molar-refractivity contribution >= 4 is 78.5 Å². The zero-order valence-electron chi connectivity index (χ0n) is 18.2. The Morgan fingerprint density at radius 3 is 2.33 bits per heavy atom. The Balaban J connectivity index is 1.61. The van der Waals surface area contributed by atoms with Gasteiger partial charge in [0.05, 0.1) is 19.2 Å². The normalized spacial score (nSPS) is 11.4. The van der Waals surface area contributed by atoms with E-state index in [0.717, 1.165) is 11.3 Å². The average molecular weight is 660 g/mol. The summed E-state index contributed by atoms with van der Waals surface area (Å²) in [6.07, 6.45) is 0. The van der Waals surface area contributed by atoms with Gasteiger partial charge in [0.25, 0.3) is 17.7 Å². The van der Waals surface area contributed by atoms with E-state index in [1.807, 2.05) is 0 Å². The average Bonchev–Trinajstić information content (AvgIpc) is 3.17. The van der Waals surface area contributed by atoms with Gasteiger partial charge in [-0.25, -0.2) is 4.79 Å². The molecule has 188 valence electrons. The van der Waals surface area contributed by atoms with E-state index in [4.69, 9.17) is 11.6 Å². The van der Waals surface area contributed by atoms with Crippen LogP contribution in [0.3, 0.4) is 0 Å². The number of halogens is 3. The third-order valence-corrected chi connectivity index (χ3v) is 8.35. The van der Waals surface area contributed by atoms with Crippen LogP contribution in [-0.2, 0) is 11.3 Å². The summed E-state index contributed by atoms with van der Waals surface area (Å²) < 4.78 is 1.40. The van der Waals surface area contributed by atoms with Crippen LogP contribution in [0.5, 0.6) is 5.75 Å². The van der Waals surface area contributed by atoms with Crippen LogP contribution < -0.4 is 16.0 Å². The summed E-state index contributed by atoms with van der Waals surface area (Å²) in [5, 5.41) is 26.4. The zero-order valence-corrected chi connectivity index (χ0v) is 22.9. The fourth-order valence-electron chi connectivity index (χ4n) is 2.97. The van der Waals surface area contributed by atoms with Gasteiger partial charge in [-0.05, 0) is 73.8 Å². The number of hydrogen-bond acceptors (Lipinski definition) is 6. The first kappa shape index (κ1) is 27.7. The van der Waals surface area contributed by atoms with Gasteiger partial charge in [-0.15, -0.1) is 11.3 Å². The highest BCUT2D eigenvalue weighted by Crippen LogP contribution is 2.32. The lowest BCUT2D eigenvalue weighted by Gasteiger charge is -2.16. The van der Waals surface area contributed by atoms with Gasteiger partial charge in [-0.1, -0.05) is 23.7 Å². The molecule has 0 saturated heterocycles. The van der Waals surface area contributed by atoms with Crippen molar-refractivity contribution in [2.75, 3.05) is 6.54 Å². The van der Waals surface area contributed by atoms with Crippen molar-refractivity contribution in [1.29, 1.82) is 0 Å². The van der Waals surface area contributed by atoms with E-state index >= 15 is 0 Å². The molecule has 2 aromatic carbocycles. The predicted molar refractivity (Wildman–Crippen MR) is 142 cm³/mol. The number of phenolic OH excluding ortho intramolecular Hbond substituents is 1. The Bertz CT molecular complexity index is 1310. The number of carboxylic acid groups (broad SMARTS) is 1. The Hall–Kier alpha value is -2.93. The number of aliphatic carboxylic acids is 1. The van der Waals surface area contributed by atoms with E-state index in [-0.39, 0.29) is 35.0 Å². The molecule has 0 unspecified atom stereocenters. The Labute approximate surface area is 231 Å². The second kappa shape index (κ2) is 12.3. The summed E-state index contributed by atoms with van der Waals surface area (Å²) in [6.45, 7) is -0.196. The smallest absolute Gasteiger partial charge is 0.328 e. The predicted octanol–water partition coefficient (Wildman–Crippen LogP) is 4.18. The third kappa shape index (κ3) is 7.29. The molecule has 1 aromatic heterocycles. The third-order valence-electron chi connectivity index (χ3n) is 4.78. The van der Waals surface area contributed by atoms with E-state index in [1.165, 1.54) is 30.3 Å². The molecule has 0 bridgehead atoms. The fraction of sp³-hybridized carbons (Fsp3) is 0.130. The van der Waals surface area contributed by atoms with E-state index < -0.39 is 29.7 Å². The van der Waals surface area contributed by atoms with Crippen molar-refractivity contribution in [2.45, 2.75) is 12.6 Å². The van der Waals surface area contributed by atoms with Crippen molar-refractivity contribution in [1.82, 2.24) is 16.0 Å². The number of thiophene rings is 1. The number of carboxylic acids is 1. The van der Waals surface area contributed by atoms with Crippen molar-refractivity contribution < 1.29 is 29.4 Å². The van der Waals surface area contributed by atoms with Gasteiger partial charge in [-0.2, -0.15) is 0 Å². The molecule has 0 radical (unpaired) electrons. The van der Waals surface area contributed by atoms with E-state index in [9.17, 15) is 29.4 Å². The van der Waals surface area contributed by atoms with Crippen LogP contribution in [0, 0.1) is 0 Å². The maximum atomic E-state index is 12.7. The van der Waals surface area contributed by atoms with Crippen LogP contribution in [0.2, 0.25) is 5.02 Å². The van der Waals surface area contributed by atoms with Gasteiger partial charge < -0.3 is 26.2 Å². The maximum absolute atomic E-state index is 12.7. The van der Waals surface area contributed by atoms with Crippen molar-refractivity contribution in [2.24, 2.45) is 0 Å². The minimum atomic E-state index is -1.42. The van der Waals surface area contributed by atoms with Gasteiger partial charge >= 0.3 is 5.97 Å². The van der Waals surface area contributed by atoms with Crippen LogP contribution in [0.4, 0.5) is 0 Å². The topological polar surface area (TPSA) is 145 Å². The monoisotopic (exact) mass is 657 g/mol. The van der Waals surface area contributed by atoms with Gasteiger partial charge in [-0.3, -0.25) is 14.4 Å². The van der Waals surface area contributed by atoms with Gasteiger partial charge in [0.2, 0.25) is 0 Å². The van der Waals surface area contributed by atoms with E-state index in [1.54, 1.807) is 18.2 Å². The molecular weight excluding hydrogens is 642 g/mol. The molecule has 3 amide bonds. The molecule has 1 atom stereocenters. The second-order valence-corrected chi connectivity index (χ2v) is 11.0. The lowest BCUT2D eigenvalue weighted by atomic mass is 10.1. The molecule has 1 heterocycles. The number of phenols is 1. The molecule has 0 aliphatic heterocycles. The van der Waals surface area contributed by atoms with Crippen LogP contribution in [0.15, 0.2) is 56.8 Å². The lowest BCUT2D eigenvalue weighted by Crippen LogP contribution is -2.48. The molecule has 0 aliphatic carbocycles. The summed E-state index contributed by atoms with van der Waals surface area (Å²) in [5.74, 6) is -3.01. The summed E-state index contributed by atoms with van der Waals surface area (Å²) in [7, 11) is 0. The Kier molecular flexibility index (Phi) is 9.49. The molecule has 13 heteroatoms. The summed E-state index contributed by atoms with van der Waals surface area (Å²) >= 11 is 13.9. The largest absolute Gasteiger partial charge is 0.508 e. The molecule has 0 saturated carbocycles. The first-order valence-electron chi connectivity index (χ1n) is 10.2. The number of hydrogen-bond donors (Lipinski definition) is 5. The first-order valence-corrected chi connectivity index (χ1v) is 13.0. The SMILES string of the molecule is O=C(NCc1cccc(O)c1)c1ccc(C(=O)N[C@@H](CNC(=O)c2cc(Br)c(Br)s2)C(=O)O)c(Cl)c1. The highest BCUT2D eigenvalue weighted by molar-refractivity contribution is 9.13. The standard InChI is InChI=1S/C23H18Br2ClN3O6S/c24-15-8-18(36-19(15)25)22(33)28-10-17(23(34)35)29-21(32)14-5-4-12(7-16(14)26)20(31)27-9-11-2-1-3-13(30)6-11/h1-8,17,30H,9-10H2,(H,27,31)(H,28,33)(H,29,32)(H,34,35)/t17-/m0/s1. The maximum Gasteiger partial charge on any atom is 0.328 e. The van der Waals surface area contributed by atoms with Gasteiger partial charge in [0.15, 0.2) is 0 Å². The Morgan fingerprint density at radius 1 is 0.972 bits per heavy atom.